The van der Waals surface area contributed by atoms with Crippen LogP contribution in [-0.2, 0) is 17.8 Å². The van der Waals surface area contributed by atoms with Gasteiger partial charge in [-0.2, -0.15) is 0 Å². The van der Waals surface area contributed by atoms with Crippen LogP contribution in [0.5, 0.6) is 0 Å². The summed E-state index contributed by atoms with van der Waals surface area (Å²) in [6.07, 6.45) is 4.30. The zero-order chi connectivity index (χ0) is 23.1. The van der Waals surface area contributed by atoms with Crippen LogP contribution in [0.3, 0.4) is 0 Å². The van der Waals surface area contributed by atoms with Crippen LogP contribution in [-0.4, -0.2) is 48.9 Å². The molecule has 2 aliphatic heterocycles. The molecule has 3 aromatic rings. The first-order chi connectivity index (χ1) is 15.9. The molecule has 1 aromatic carbocycles. The van der Waals surface area contributed by atoms with Crippen molar-refractivity contribution in [2.75, 3.05) is 16.9 Å². The average Bonchev–Trinajstić information content (AvgIpc) is 3.34. The van der Waals surface area contributed by atoms with Gasteiger partial charge in [-0.1, -0.05) is 12.5 Å². The van der Waals surface area contributed by atoms with E-state index in [9.17, 15) is 9.59 Å². The quantitative estimate of drug-likeness (QED) is 0.629. The molecule has 1 unspecified atom stereocenters. The molecule has 2 aromatic heterocycles. The minimum absolute atomic E-state index is 0.149. The summed E-state index contributed by atoms with van der Waals surface area (Å²) >= 11 is 1.60. The average molecular weight is 464 g/mol. The summed E-state index contributed by atoms with van der Waals surface area (Å²) in [6.45, 7) is 6.86. The lowest BCUT2D eigenvalue weighted by Gasteiger charge is -2.23. The maximum absolute atomic E-state index is 13.7. The number of thioether (sulfide) groups is 1. The number of benzene rings is 1. The summed E-state index contributed by atoms with van der Waals surface area (Å²) in [6, 6.07) is 7.17. The van der Waals surface area contributed by atoms with Gasteiger partial charge in [0.05, 0.1) is 11.4 Å². The molecule has 0 saturated carbocycles. The molecule has 7 nitrogen and oxygen atoms in total. The fourth-order valence-corrected chi connectivity index (χ4v) is 5.79. The number of hydrogen-bond acceptors (Lipinski definition) is 5. The van der Waals surface area contributed by atoms with Crippen LogP contribution in [0.15, 0.2) is 24.3 Å². The van der Waals surface area contributed by atoms with Crippen LogP contribution in [0.25, 0.3) is 11.2 Å². The summed E-state index contributed by atoms with van der Waals surface area (Å²) in [5, 5.41) is 3.01. The smallest absolute Gasteiger partial charge is 0.257 e. The Morgan fingerprint density at radius 1 is 1.06 bits per heavy atom. The molecule has 172 valence electrons. The zero-order valence-electron chi connectivity index (χ0n) is 19.4. The van der Waals surface area contributed by atoms with E-state index in [-0.39, 0.29) is 11.8 Å². The number of aromatic nitrogens is 3. The summed E-state index contributed by atoms with van der Waals surface area (Å²) in [4.78, 5) is 38.1. The maximum Gasteiger partial charge on any atom is 0.257 e. The highest BCUT2D eigenvalue weighted by atomic mass is 32.2. The van der Waals surface area contributed by atoms with E-state index >= 15 is 0 Å². The second-order valence-corrected chi connectivity index (χ2v) is 10.1. The highest BCUT2D eigenvalue weighted by Gasteiger charge is 2.36. The second-order valence-electron chi connectivity index (χ2n) is 9.05. The molecule has 0 radical (unpaired) electrons. The van der Waals surface area contributed by atoms with Crippen LogP contribution < -0.4 is 5.32 Å². The number of aryl methyl sites for hydroxylation is 5. The van der Waals surface area contributed by atoms with E-state index in [0.717, 1.165) is 54.2 Å². The van der Waals surface area contributed by atoms with Gasteiger partial charge in [0.15, 0.2) is 5.65 Å². The number of nitrogens with zero attached hydrogens (tertiary/aromatic N) is 4. The molecule has 33 heavy (non-hydrogen) atoms. The van der Waals surface area contributed by atoms with Crippen molar-refractivity contribution in [3.8, 4) is 0 Å². The van der Waals surface area contributed by atoms with Crippen molar-refractivity contribution in [2.24, 2.45) is 0 Å². The molecule has 2 aliphatic rings. The molecule has 1 fully saturated rings. The lowest BCUT2D eigenvalue weighted by Crippen LogP contribution is -2.44. The zero-order valence-corrected chi connectivity index (χ0v) is 20.2. The Kier molecular flexibility index (Phi) is 5.86. The Hall–Kier alpha value is -2.87. The Labute approximate surface area is 198 Å². The Bertz CT molecular complexity index is 1250. The molecular formula is C25H29N5O2S. The number of carbonyl (C=O) groups is 2. The van der Waals surface area contributed by atoms with Crippen molar-refractivity contribution in [3.63, 3.8) is 0 Å². The molecular weight excluding hydrogens is 434 g/mol. The predicted octanol–water partition coefficient (Wildman–Crippen LogP) is 4.24. The highest BCUT2D eigenvalue weighted by molar-refractivity contribution is 7.99. The third-order valence-electron chi connectivity index (χ3n) is 6.64. The number of imidazole rings is 1. The van der Waals surface area contributed by atoms with Gasteiger partial charge in [0, 0.05) is 30.1 Å². The van der Waals surface area contributed by atoms with Crippen molar-refractivity contribution in [1.29, 1.82) is 0 Å². The standard InChI is InChI=1S/C25H29N5O2S/c1-15-8-9-18(11-16(15)2)27-24(31)20-13-33-14-30(20)25(32)19-12-17(3)26-23-22(19)28-21-7-5-4-6-10-29(21)23/h8-9,11-12,20H,4-7,10,13-14H2,1-3H3,(H,27,31). The molecule has 0 aliphatic carbocycles. The first kappa shape index (κ1) is 21.9. The third kappa shape index (κ3) is 4.12. The first-order valence-electron chi connectivity index (χ1n) is 11.6. The number of amides is 2. The van der Waals surface area contributed by atoms with Gasteiger partial charge in [0.1, 0.15) is 17.4 Å². The topological polar surface area (TPSA) is 80.1 Å². The molecule has 1 N–H and O–H groups in total. The fourth-order valence-electron chi connectivity index (χ4n) is 4.64. The van der Waals surface area contributed by atoms with Gasteiger partial charge < -0.3 is 14.8 Å². The fraction of sp³-hybridized carbons (Fsp3) is 0.440. The van der Waals surface area contributed by atoms with Crippen LogP contribution in [0.2, 0.25) is 0 Å². The van der Waals surface area contributed by atoms with Crippen molar-refractivity contribution in [1.82, 2.24) is 19.4 Å². The summed E-state index contributed by atoms with van der Waals surface area (Å²) in [7, 11) is 0. The lowest BCUT2D eigenvalue weighted by atomic mass is 10.1. The molecule has 4 heterocycles. The number of carbonyl (C=O) groups excluding carboxylic acids is 2. The van der Waals surface area contributed by atoms with E-state index in [1.165, 1.54) is 12.0 Å². The molecule has 2 amide bonds. The van der Waals surface area contributed by atoms with E-state index in [1.807, 2.05) is 45.0 Å². The molecule has 5 rings (SSSR count). The van der Waals surface area contributed by atoms with Crippen LogP contribution in [0, 0.1) is 20.8 Å². The SMILES string of the molecule is Cc1cc(C(=O)N2CSCC2C(=O)Nc2ccc(C)c(C)c2)c2nc3n(c2n1)CCCCC3. The predicted molar refractivity (Wildman–Crippen MR) is 132 cm³/mol. The lowest BCUT2D eigenvalue weighted by molar-refractivity contribution is -0.119. The van der Waals surface area contributed by atoms with Crippen LogP contribution >= 0.6 is 11.8 Å². The van der Waals surface area contributed by atoms with Crippen LogP contribution in [0.4, 0.5) is 5.69 Å². The van der Waals surface area contributed by atoms with Gasteiger partial charge in [-0.3, -0.25) is 9.59 Å². The van der Waals surface area contributed by atoms with Gasteiger partial charge in [0.2, 0.25) is 5.91 Å². The third-order valence-corrected chi connectivity index (χ3v) is 7.66. The Morgan fingerprint density at radius 2 is 1.91 bits per heavy atom. The number of rotatable bonds is 3. The minimum atomic E-state index is -0.520. The summed E-state index contributed by atoms with van der Waals surface area (Å²) < 4.78 is 2.18. The first-order valence-corrected chi connectivity index (χ1v) is 12.7. The molecule has 0 spiro atoms. The van der Waals surface area contributed by atoms with E-state index in [0.29, 0.717) is 22.7 Å². The molecule has 1 saturated heterocycles. The highest BCUT2D eigenvalue weighted by Crippen LogP contribution is 2.29. The van der Waals surface area contributed by atoms with E-state index in [4.69, 9.17) is 9.97 Å². The minimum Gasteiger partial charge on any atom is -0.324 e. The van der Waals surface area contributed by atoms with E-state index in [2.05, 4.69) is 9.88 Å². The summed E-state index contributed by atoms with van der Waals surface area (Å²) in [5.74, 6) is 1.77. The normalized spacial score (nSPS) is 18.3. The van der Waals surface area contributed by atoms with Crippen molar-refractivity contribution in [3.05, 3.63) is 52.5 Å². The maximum atomic E-state index is 13.7. The number of hydrogen-bond donors (Lipinski definition) is 1. The second kappa shape index (κ2) is 8.82. The monoisotopic (exact) mass is 463 g/mol. The number of nitrogens with one attached hydrogen (secondary N) is 1. The van der Waals surface area contributed by atoms with Crippen LogP contribution in [0.1, 0.15) is 52.3 Å². The Balaban J connectivity index is 1.44. The molecule has 8 heteroatoms. The van der Waals surface area contributed by atoms with Gasteiger partial charge in [-0.25, -0.2) is 9.97 Å². The van der Waals surface area contributed by atoms with Gasteiger partial charge in [0.25, 0.3) is 5.91 Å². The van der Waals surface area contributed by atoms with Gasteiger partial charge in [-0.05, 0) is 62.9 Å². The van der Waals surface area contributed by atoms with E-state index < -0.39 is 6.04 Å². The number of anilines is 1. The molecule has 0 bridgehead atoms. The van der Waals surface area contributed by atoms with Crippen molar-refractivity contribution in [2.45, 2.75) is 59.0 Å². The number of pyridine rings is 1. The van der Waals surface area contributed by atoms with Crippen molar-refractivity contribution < 1.29 is 9.59 Å². The molecule has 1 atom stereocenters. The van der Waals surface area contributed by atoms with E-state index in [1.54, 1.807) is 16.7 Å². The van der Waals surface area contributed by atoms with Crippen molar-refractivity contribution >= 4 is 40.4 Å². The summed E-state index contributed by atoms with van der Waals surface area (Å²) in [5.41, 5.74) is 5.84. The van der Waals surface area contributed by atoms with Gasteiger partial charge in [-0.15, -0.1) is 11.8 Å². The van der Waals surface area contributed by atoms with Gasteiger partial charge >= 0.3 is 0 Å². The number of fused-ring (bicyclic) bond motifs is 3. The largest absolute Gasteiger partial charge is 0.324 e. The Morgan fingerprint density at radius 3 is 2.73 bits per heavy atom.